The molecule has 7 nitrogen and oxygen atoms in total. The second kappa shape index (κ2) is 8.43. The molecule has 0 unspecified atom stereocenters. The molecule has 2 aromatic carbocycles. The fourth-order valence-corrected chi connectivity index (χ4v) is 3.12. The first-order valence-electron chi connectivity index (χ1n) is 7.47. The number of nitrogens with one attached hydrogen (secondary N) is 2. The largest absolute Gasteiger partial charge is 0.497 e. The molecule has 0 bridgehead atoms. The molecule has 2 N–H and O–H groups in total. The Labute approximate surface area is 150 Å². The minimum absolute atomic E-state index is 0.257. The lowest BCUT2D eigenvalue weighted by atomic mass is 10.3. The van der Waals surface area contributed by atoms with Crippen molar-refractivity contribution in [1.82, 2.24) is 0 Å². The van der Waals surface area contributed by atoms with Crippen molar-refractivity contribution in [2.24, 2.45) is 0 Å². The lowest BCUT2D eigenvalue weighted by molar-refractivity contribution is -0.114. The Balaban J connectivity index is 1.91. The zero-order valence-electron chi connectivity index (χ0n) is 13.9. The van der Waals surface area contributed by atoms with Gasteiger partial charge in [-0.3, -0.25) is 9.59 Å². The summed E-state index contributed by atoms with van der Waals surface area (Å²) in [4.78, 5) is 23.7. The number of sulfone groups is 1. The minimum atomic E-state index is -3.97. The highest BCUT2D eigenvalue weighted by atomic mass is 32.2. The number of methoxy groups -OCH3 is 1. The molecular formula is C17H17FN2O5S. The number of carbonyl (C=O) groups is 2. The number of benzene rings is 2. The van der Waals surface area contributed by atoms with Crippen LogP contribution < -0.4 is 15.4 Å². The van der Waals surface area contributed by atoms with Crippen molar-refractivity contribution in [1.29, 1.82) is 0 Å². The van der Waals surface area contributed by atoms with Crippen molar-refractivity contribution < 1.29 is 27.1 Å². The van der Waals surface area contributed by atoms with Gasteiger partial charge in [0.2, 0.25) is 11.8 Å². The fourth-order valence-electron chi connectivity index (χ4n) is 2.08. The van der Waals surface area contributed by atoms with Crippen LogP contribution in [0.5, 0.6) is 5.75 Å². The molecule has 0 saturated heterocycles. The molecule has 0 aliphatic heterocycles. The average Bonchev–Trinajstić information content (AvgIpc) is 2.55. The van der Waals surface area contributed by atoms with Gasteiger partial charge in [0.05, 0.1) is 7.11 Å². The summed E-state index contributed by atoms with van der Waals surface area (Å²) in [6.07, 6.45) is 0. The number of carbonyl (C=O) groups excluding carboxylic acids is 2. The molecule has 0 aliphatic rings. The molecule has 0 radical (unpaired) electrons. The Bertz CT molecular complexity index is 898. The standard InChI is InChI=1S/C17H17FN2O5S/c1-25-15-4-2-3-14(9-15)20-17(22)11-26(23,24)10-16(21)19-13-7-5-12(18)6-8-13/h2-9H,10-11H2,1H3,(H,19,21)(H,20,22). The van der Waals surface area contributed by atoms with E-state index in [1.165, 1.54) is 25.3 Å². The van der Waals surface area contributed by atoms with E-state index in [0.717, 1.165) is 12.1 Å². The van der Waals surface area contributed by atoms with Crippen molar-refractivity contribution in [3.8, 4) is 5.75 Å². The van der Waals surface area contributed by atoms with Crippen LogP contribution in [0.3, 0.4) is 0 Å². The van der Waals surface area contributed by atoms with E-state index >= 15 is 0 Å². The van der Waals surface area contributed by atoms with E-state index in [1.807, 2.05) is 0 Å². The highest BCUT2D eigenvalue weighted by Crippen LogP contribution is 2.16. The maximum absolute atomic E-state index is 12.8. The first-order chi connectivity index (χ1) is 12.3. The Morgan fingerprint density at radius 2 is 1.54 bits per heavy atom. The van der Waals surface area contributed by atoms with Crippen molar-refractivity contribution >= 4 is 33.0 Å². The Morgan fingerprint density at radius 1 is 0.962 bits per heavy atom. The smallest absolute Gasteiger partial charge is 0.239 e. The topological polar surface area (TPSA) is 102 Å². The summed E-state index contributed by atoms with van der Waals surface area (Å²) in [5.41, 5.74) is 0.632. The predicted molar refractivity (Wildman–Crippen MR) is 95.3 cm³/mol. The van der Waals surface area contributed by atoms with Crippen molar-refractivity contribution in [3.05, 3.63) is 54.3 Å². The van der Waals surface area contributed by atoms with Gasteiger partial charge in [-0.05, 0) is 36.4 Å². The Kier molecular flexibility index (Phi) is 6.29. The number of halogens is 1. The first kappa shape index (κ1) is 19.4. The van der Waals surface area contributed by atoms with Gasteiger partial charge in [-0.1, -0.05) is 6.07 Å². The first-order valence-corrected chi connectivity index (χ1v) is 9.29. The molecule has 9 heteroatoms. The van der Waals surface area contributed by atoms with Crippen LogP contribution in [0.1, 0.15) is 0 Å². The minimum Gasteiger partial charge on any atom is -0.497 e. The van der Waals surface area contributed by atoms with Crippen LogP contribution in [0, 0.1) is 5.82 Å². The zero-order chi connectivity index (χ0) is 19.2. The number of hydrogen-bond acceptors (Lipinski definition) is 5. The lowest BCUT2D eigenvalue weighted by Crippen LogP contribution is -2.30. The average molecular weight is 380 g/mol. The third kappa shape index (κ3) is 6.17. The molecule has 0 heterocycles. The molecule has 0 aromatic heterocycles. The summed E-state index contributed by atoms with van der Waals surface area (Å²) in [7, 11) is -2.51. The molecule has 0 fully saturated rings. The summed E-state index contributed by atoms with van der Waals surface area (Å²) in [5, 5.41) is 4.76. The fraction of sp³-hybridized carbons (Fsp3) is 0.176. The number of ether oxygens (including phenoxy) is 1. The van der Waals surface area contributed by atoms with Crippen LogP contribution in [-0.2, 0) is 19.4 Å². The molecule has 0 atom stereocenters. The van der Waals surface area contributed by atoms with Gasteiger partial charge >= 0.3 is 0 Å². The van der Waals surface area contributed by atoms with E-state index in [-0.39, 0.29) is 5.69 Å². The molecule has 26 heavy (non-hydrogen) atoms. The van der Waals surface area contributed by atoms with Gasteiger partial charge in [-0.15, -0.1) is 0 Å². The second-order valence-corrected chi connectivity index (χ2v) is 7.43. The van der Waals surface area contributed by atoms with Crippen LogP contribution >= 0.6 is 0 Å². The molecule has 2 amide bonds. The van der Waals surface area contributed by atoms with Gasteiger partial charge < -0.3 is 15.4 Å². The van der Waals surface area contributed by atoms with Crippen LogP contribution in [0.15, 0.2) is 48.5 Å². The van der Waals surface area contributed by atoms with Crippen LogP contribution in [0.4, 0.5) is 15.8 Å². The monoisotopic (exact) mass is 380 g/mol. The van der Waals surface area contributed by atoms with E-state index in [4.69, 9.17) is 4.74 Å². The van der Waals surface area contributed by atoms with Crippen molar-refractivity contribution in [3.63, 3.8) is 0 Å². The van der Waals surface area contributed by atoms with E-state index in [0.29, 0.717) is 11.4 Å². The summed E-state index contributed by atoms with van der Waals surface area (Å²) in [6.45, 7) is 0. The normalized spacial score (nSPS) is 10.8. The number of rotatable bonds is 7. The Morgan fingerprint density at radius 3 is 2.12 bits per heavy atom. The van der Waals surface area contributed by atoms with Crippen LogP contribution in [-0.4, -0.2) is 38.8 Å². The quantitative estimate of drug-likeness (QED) is 0.763. The maximum Gasteiger partial charge on any atom is 0.239 e. The van der Waals surface area contributed by atoms with E-state index < -0.39 is 39.0 Å². The molecule has 138 valence electrons. The zero-order valence-corrected chi connectivity index (χ0v) is 14.7. The summed E-state index contributed by atoms with van der Waals surface area (Å²) >= 11 is 0. The number of amides is 2. The molecule has 0 spiro atoms. The molecule has 2 aromatic rings. The highest BCUT2D eigenvalue weighted by Gasteiger charge is 2.21. The third-order valence-electron chi connectivity index (χ3n) is 3.18. The van der Waals surface area contributed by atoms with Gasteiger partial charge in [-0.25, -0.2) is 12.8 Å². The van der Waals surface area contributed by atoms with Gasteiger partial charge in [0.1, 0.15) is 23.1 Å². The molecule has 0 aliphatic carbocycles. The van der Waals surface area contributed by atoms with Crippen LogP contribution in [0.2, 0.25) is 0 Å². The maximum atomic E-state index is 12.8. The van der Waals surface area contributed by atoms with Gasteiger partial charge in [-0.2, -0.15) is 0 Å². The van der Waals surface area contributed by atoms with Crippen molar-refractivity contribution in [2.75, 3.05) is 29.2 Å². The van der Waals surface area contributed by atoms with Crippen LogP contribution in [0.25, 0.3) is 0 Å². The third-order valence-corrected chi connectivity index (χ3v) is 4.59. The van der Waals surface area contributed by atoms with E-state index in [2.05, 4.69) is 10.6 Å². The van der Waals surface area contributed by atoms with E-state index in [1.54, 1.807) is 18.2 Å². The second-order valence-electron chi connectivity index (χ2n) is 5.37. The highest BCUT2D eigenvalue weighted by molar-refractivity contribution is 7.92. The van der Waals surface area contributed by atoms with Gasteiger partial charge in [0.15, 0.2) is 9.84 Å². The van der Waals surface area contributed by atoms with Gasteiger partial charge in [0.25, 0.3) is 0 Å². The molecule has 2 rings (SSSR count). The lowest BCUT2D eigenvalue weighted by Gasteiger charge is -2.08. The molecule has 0 saturated carbocycles. The SMILES string of the molecule is COc1cccc(NC(=O)CS(=O)(=O)CC(=O)Nc2ccc(F)cc2)c1. The summed E-state index contributed by atoms with van der Waals surface area (Å²) in [5.74, 6) is -3.27. The predicted octanol–water partition coefficient (Wildman–Crippen LogP) is 1.83. The van der Waals surface area contributed by atoms with Crippen molar-refractivity contribution in [2.45, 2.75) is 0 Å². The summed E-state index contributed by atoms with van der Waals surface area (Å²) in [6, 6.07) is 11.3. The number of hydrogen-bond donors (Lipinski definition) is 2. The van der Waals surface area contributed by atoms with E-state index in [9.17, 15) is 22.4 Å². The molecular weight excluding hydrogens is 363 g/mol. The Hall–Kier alpha value is -2.94. The summed E-state index contributed by atoms with van der Waals surface area (Å²) < 4.78 is 41.8. The number of anilines is 2. The van der Waals surface area contributed by atoms with Gasteiger partial charge in [0, 0.05) is 17.4 Å².